The van der Waals surface area contributed by atoms with Gasteiger partial charge in [0.2, 0.25) is 0 Å². The summed E-state index contributed by atoms with van der Waals surface area (Å²) in [7, 11) is 0. The molecule has 0 spiro atoms. The fourth-order valence-corrected chi connectivity index (χ4v) is 5.13. The number of fused-ring (bicyclic) bond motifs is 1. The maximum Gasteiger partial charge on any atom is 0.321 e. The Labute approximate surface area is 211 Å². The third kappa shape index (κ3) is 4.24. The minimum atomic E-state index is -0.467. The van der Waals surface area contributed by atoms with E-state index in [2.05, 4.69) is 15.7 Å². The van der Waals surface area contributed by atoms with Gasteiger partial charge in [-0.25, -0.2) is 18.1 Å². The summed E-state index contributed by atoms with van der Waals surface area (Å²) in [5, 5.41) is 9.95. The van der Waals surface area contributed by atoms with Gasteiger partial charge in [-0.1, -0.05) is 0 Å². The zero-order chi connectivity index (χ0) is 25.5. The van der Waals surface area contributed by atoms with Crippen LogP contribution in [-0.4, -0.2) is 41.2 Å². The molecule has 2 N–H and O–H groups in total. The van der Waals surface area contributed by atoms with E-state index in [0.717, 1.165) is 29.9 Å². The zero-order valence-corrected chi connectivity index (χ0v) is 19.8. The summed E-state index contributed by atoms with van der Waals surface area (Å²) < 4.78 is 30.0. The van der Waals surface area contributed by atoms with Crippen LogP contribution in [0.25, 0.3) is 5.52 Å². The summed E-state index contributed by atoms with van der Waals surface area (Å²) in [4.78, 5) is 28.7. The summed E-state index contributed by atoms with van der Waals surface area (Å²) in [6, 6.07) is 13.9. The Morgan fingerprint density at radius 1 is 1.03 bits per heavy atom. The molecule has 2 saturated heterocycles. The van der Waals surface area contributed by atoms with Gasteiger partial charge in [-0.15, -0.1) is 0 Å². The van der Waals surface area contributed by atoms with E-state index in [0.29, 0.717) is 48.4 Å². The molecule has 2 aromatic carbocycles. The first-order valence-corrected chi connectivity index (χ1v) is 12.1. The molecule has 6 rings (SSSR count). The maximum absolute atomic E-state index is 14.5. The van der Waals surface area contributed by atoms with Crippen LogP contribution in [0.3, 0.4) is 0 Å². The lowest BCUT2D eigenvalue weighted by Gasteiger charge is -2.27. The Hall–Kier alpha value is -4.47. The second-order valence-corrected chi connectivity index (χ2v) is 9.17. The molecule has 0 bridgehead atoms. The van der Waals surface area contributed by atoms with Crippen LogP contribution in [0.5, 0.6) is 0 Å². The molecule has 188 valence electrons. The first-order valence-electron chi connectivity index (χ1n) is 12.1. The number of nitrogens with zero attached hydrogens (tertiary/aromatic N) is 4. The molecular formula is C27H24F2N6O2. The van der Waals surface area contributed by atoms with E-state index in [1.807, 2.05) is 17.0 Å². The number of hydrogen-bond acceptors (Lipinski definition) is 4. The molecular weight excluding hydrogens is 478 g/mol. The average molecular weight is 503 g/mol. The number of halogens is 2. The molecule has 10 heteroatoms. The highest BCUT2D eigenvalue weighted by molar-refractivity contribution is 6.09. The van der Waals surface area contributed by atoms with Crippen molar-refractivity contribution >= 4 is 34.5 Å². The molecule has 0 unspecified atom stereocenters. The van der Waals surface area contributed by atoms with Gasteiger partial charge >= 0.3 is 6.03 Å². The van der Waals surface area contributed by atoms with Gasteiger partial charge < -0.3 is 15.5 Å². The fraction of sp³-hybridized carbons (Fsp3) is 0.222. The predicted molar refractivity (Wildman–Crippen MR) is 136 cm³/mol. The number of rotatable bonds is 5. The van der Waals surface area contributed by atoms with E-state index < -0.39 is 11.6 Å². The predicted octanol–water partition coefficient (Wildman–Crippen LogP) is 4.74. The van der Waals surface area contributed by atoms with Crippen molar-refractivity contribution < 1.29 is 18.4 Å². The van der Waals surface area contributed by atoms with Crippen molar-refractivity contribution in [3.05, 3.63) is 89.8 Å². The Balaban J connectivity index is 1.25. The number of aromatic nitrogens is 2. The molecule has 1 atom stereocenters. The van der Waals surface area contributed by atoms with Gasteiger partial charge in [-0.3, -0.25) is 9.69 Å². The van der Waals surface area contributed by atoms with Crippen LogP contribution in [-0.2, 0) is 0 Å². The lowest BCUT2D eigenvalue weighted by Crippen LogP contribution is -2.27. The van der Waals surface area contributed by atoms with Crippen LogP contribution in [0.15, 0.2) is 67.0 Å². The van der Waals surface area contributed by atoms with Crippen LogP contribution in [0, 0.1) is 11.6 Å². The molecule has 2 fully saturated rings. The minimum Gasteiger partial charge on any atom is -0.364 e. The van der Waals surface area contributed by atoms with Crippen LogP contribution in [0.1, 0.15) is 34.8 Å². The van der Waals surface area contributed by atoms with Crippen molar-refractivity contribution in [1.29, 1.82) is 0 Å². The highest BCUT2D eigenvalue weighted by Crippen LogP contribution is 2.38. The van der Waals surface area contributed by atoms with Gasteiger partial charge in [0, 0.05) is 48.5 Å². The Morgan fingerprint density at radius 2 is 1.86 bits per heavy atom. The molecule has 8 nitrogen and oxygen atoms in total. The summed E-state index contributed by atoms with van der Waals surface area (Å²) >= 11 is 0. The summed E-state index contributed by atoms with van der Waals surface area (Å²) in [5.74, 6) is -1.22. The van der Waals surface area contributed by atoms with Gasteiger partial charge in [0.1, 0.15) is 11.6 Å². The maximum atomic E-state index is 14.5. The van der Waals surface area contributed by atoms with Gasteiger partial charge in [0.25, 0.3) is 5.91 Å². The summed E-state index contributed by atoms with van der Waals surface area (Å²) in [5.41, 5.74) is 3.47. The quantitative estimate of drug-likeness (QED) is 0.413. The topological polar surface area (TPSA) is 82.0 Å². The smallest absolute Gasteiger partial charge is 0.321 e. The molecule has 2 aliphatic heterocycles. The fourth-order valence-electron chi connectivity index (χ4n) is 5.13. The number of anilines is 3. The van der Waals surface area contributed by atoms with Crippen molar-refractivity contribution in [2.75, 3.05) is 34.8 Å². The van der Waals surface area contributed by atoms with E-state index in [1.54, 1.807) is 39.9 Å². The Morgan fingerprint density at radius 3 is 2.65 bits per heavy atom. The number of benzene rings is 2. The number of carbonyl (C=O) groups is 2. The molecule has 4 heterocycles. The van der Waals surface area contributed by atoms with Crippen molar-refractivity contribution in [1.82, 2.24) is 14.9 Å². The highest BCUT2D eigenvalue weighted by atomic mass is 19.1. The summed E-state index contributed by atoms with van der Waals surface area (Å²) in [6.07, 6.45) is 4.81. The molecule has 2 aromatic heterocycles. The van der Waals surface area contributed by atoms with Crippen molar-refractivity contribution in [2.45, 2.75) is 18.9 Å². The molecule has 3 amide bonds. The second kappa shape index (κ2) is 9.20. The van der Waals surface area contributed by atoms with Gasteiger partial charge in [-0.05, 0) is 67.4 Å². The molecule has 2 aliphatic rings. The largest absolute Gasteiger partial charge is 0.364 e. The average Bonchev–Trinajstić information content (AvgIpc) is 3.65. The van der Waals surface area contributed by atoms with E-state index in [9.17, 15) is 18.4 Å². The van der Waals surface area contributed by atoms with Gasteiger partial charge in [-0.2, -0.15) is 5.10 Å². The van der Waals surface area contributed by atoms with E-state index in [4.69, 9.17) is 0 Å². The standard InChI is InChI=1S/C27H24F2N6O2/c28-17-3-8-23(29)21(14-17)24-2-1-11-33(24)20-9-12-35-25(15-20)22(16-31-35)26(36)32-18-4-6-19(7-5-18)34-13-10-30-27(34)37/h3-9,12,14-16,24H,1-2,10-11,13H2,(H,30,37)(H,32,36)/t24-/m1/s1. The molecule has 0 radical (unpaired) electrons. The Kier molecular flexibility index (Phi) is 5.71. The van der Waals surface area contributed by atoms with Gasteiger partial charge in [0.05, 0.1) is 23.3 Å². The van der Waals surface area contributed by atoms with E-state index in [1.165, 1.54) is 12.3 Å². The first kappa shape index (κ1) is 23.0. The number of amides is 3. The molecule has 0 saturated carbocycles. The number of carbonyl (C=O) groups excluding carboxylic acids is 2. The lowest BCUT2D eigenvalue weighted by molar-refractivity contribution is 0.102. The molecule has 0 aliphatic carbocycles. The van der Waals surface area contributed by atoms with Gasteiger partial charge in [0.15, 0.2) is 0 Å². The summed E-state index contributed by atoms with van der Waals surface area (Å²) in [6.45, 7) is 1.89. The normalized spacial score (nSPS) is 17.5. The van der Waals surface area contributed by atoms with Crippen molar-refractivity contribution in [3.63, 3.8) is 0 Å². The third-order valence-corrected chi connectivity index (χ3v) is 6.94. The third-order valence-electron chi connectivity index (χ3n) is 6.94. The SMILES string of the molecule is O=C(Nc1ccc(N2CCNC2=O)cc1)c1cnn2ccc(N3CCC[C@@H]3c3cc(F)ccc3F)cc12. The van der Waals surface area contributed by atoms with E-state index >= 15 is 0 Å². The number of nitrogens with one attached hydrogen (secondary N) is 2. The van der Waals surface area contributed by atoms with Crippen LogP contribution in [0.4, 0.5) is 30.6 Å². The monoisotopic (exact) mass is 502 g/mol. The van der Waals surface area contributed by atoms with Crippen LogP contribution >= 0.6 is 0 Å². The van der Waals surface area contributed by atoms with Crippen molar-refractivity contribution in [2.24, 2.45) is 0 Å². The minimum absolute atomic E-state index is 0.140. The van der Waals surface area contributed by atoms with E-state index in [-0.39, 0.29) is 18.0 Å². The Bertz CT molecular complexity index is 1500. The number of pyridine rings is 1. The second-order valence-electron chi connectivity index (χ2n) is 9.17. The van der Waals surface area contributed by atoms with Crippen LogP contribution in [0.2, 0.25) is 0 Å². The zero-order valence-electron chi connectivity index (χ0n) is 19.8. The lowest BCUT2D eigenvalue weighted by atomic mass is 10.0. The molecule has 4 aromatic rings. The first-order chi connectivity index (χ1) is 18.0. The molecule has 37 heavy (non-hydrogen) atoms. The number of hydrogen-bond donors (Lipinski definition) is 2. The van der Waals surface area contributed by atoms with Crippen molar-refractivity contribution in [3.8, 4) is 0 Å². The highest BCUT2D eigenvalue weighted by Gasteiger charge is 2.29. The number of urea groups is 1. The van der Waals surface area contributed by atoms with Crippen LogP contribution < -0.4 is 20.4 Å².